The zero-order chi connectivity index (χ0) is 24.5. The smallest absolute Gasteiger partial charge is 0.317 e. The summed E-state index contributed by atoms with van der Waals surface area (Å²) in [6.45, 7) is 4.28. The number of nitrogens with two attached hydrogens (primary N) is 1. The second-order valence-electron chi connectivity index (χ2n) is 9.29. The van der Waals surface area contributed by atoms with Gasteiger partial charge in [0, 0.05) is 17.6 Å². The first-order chi connectivity index (χ1) is 16.1. The van der Waals surface area contributed by atoms with Gasteiger partial charge in [-0.05, 0) is 92.4 Å². The van der Waals surface area contributed by atoms with Crippen LogP contribution in [-0.2, 0) is 16.2 Å². The molecule has 1 aromatic carbocycles. The van der Waals surface area contributed by atoms with Gasteiger partial charge in [-0.2, -0.15) is 13.2 Å². The molecule has 13 heteroatoms. The van der Waals surface area contributed by atoms with Crippen molar-refractivity contribution in [2.75, 3.05) is 13.1 Å². The van der Waals surface area contributed by atoms with Gasteiger partial charge < -0.3 is 10.6 Å². The molecule has 34 heavy (non-hydrogen) atoms. The van der Waals surface area contributed by atoms with Gasteiger partial charge in [-0.25, -0.2) is 18.7 Å². The van der Waals surface area contributed by atoms with Gasteiger partial charge in [-0.15, -0.1) is 5.10 Å². The molecule has 4 rings (SSSR count). The van der Waals surface area contributed by atoms with Crippen LogP contribution < -0.4 is 15.8 Å². The zero-order valence-electron chi connectivity index (χ0n) is 18.9. The van der Waals surface area contributed by atoms with Gasteiger partial charge in [0.05, 0.1) is 5.56 Å². The molecule has 0 radical (unpaired) electrons. The van der Waals surface area contributed by atoms with E-state index < -0.39 is 26.7 Å². The van der Waals surface area contributed by atoms with Crippen LogP contribution in [0.4, 0.5) is 13.2 Å². The average Bonchev–Trinajstić information content (AvgIpc) is 3.33. The van der Waals surface area contributed by atoms with Crippen molar-refractivity contribution < 1.29 is 21.6 Å². The molecule has 2 fully saturated rings. The first-order valence-electron chi connectivity index (χ1n) is 11.5. The Morgan fingerprint density at radius 1 is 1.12 bits per heavy atom. The molecule has 1 unspecified atom stereocenters. The third-order valence-electron chi connectivity index (χ3n) is 7.12. The lowest BCUT2D eigenvalue weighted by molar-refractivity contribution is -0.139. The van der Waals surface area contributed by atoms with Crippen molar-refractivity contribution in [2.45, 2.75) is 74.5 Å². The van der Waals surface area contributed by atoms with Crippen molar-refractivity contribution >= 4 is 10.0 Å². The number of nitrogens with one attached hydrogen (secondary N) is 3. The average molecular weight is 502 g/mol. The molecule has 2 aliphatic rings. The second-order valence-corrected chi connectivity index (χ2v) is 10.8. The summed E-state index contributed by atoms with van der Waals surface area (Å²) in [6.07, 6.45) is 0.426. The summed E-state index contributed by atoms with van der Waals surface area (Å²) in [7, 11) is -4.73. The number of nitrogens with zero attached hydrogens (tertiary/aromatic N) is 3. The summed E-state index contributed by atoms with van der Waals surface area (Å²) in [5.74, 6) is 0.330. The van der Waals surface area contributed by atoms with E-state index in [-0.39, 0.29) is 17.3 Å². The third-order valence-corrected chi connectivity index (χ3v) is 8.11. The molecule has 2 aromatic rings. The number of aromatic nitrogens is 4. The maximum Gasteiger partial charge on any atom is 0.417 e. The number of primary sulfonamides is 1. The Balaban J connectivity index is 1.60. The second kappa shape index (κ2) is 9.88. The highest BCUT2D eigenvalue weighted by atomic mass is 32.2. The van der Waals surface area contributed by atoms with E-state index >= 15 is 0 Å². The highest BCUT2D eigenvalue weighted by Crippen LogP contribution is 2.44. The minimum Gasteiger partial charge on any atom is -0.317 e. The van der Waals surface area contributed by atoms with E-state index in [0.717, 1.165) is 44.8 Å². The van der Waals surface area contributed by atoms with Gasteiger partial charge in [0.1, 0.15) is 4.90 Å². The topological polar surface area (TPSA) is 139 Å². The van der Waals surface area contributed by atoms with Crippen LogP contribution in [0.1, 0.15) is 62.5 Å². The van der Waals surface area contributed by atoms with Crippen LogP contribution in [0.15, 0.2) is 17.0 Å². The predicted octanol–water partition coefficient (Wildman–Crippen LogP) is 2.54. The first kappa shape index (κ1) is 25.0. The SMILES string of the molecule is CC(NC1CCC(c2ccc(C(F)(F)F)c(S(N)(=O)=O)c2-c2nnn[nH]2)CC1)C1CCNCC1. The minimum atomic E-state index is -4.91. The number of alkyl halides is 3. The summed E-state index contributed by atoms with van der Waals surface area (Å²) >= 11 is 0. The van der Waals surface area contributed by atoms with E-state index in [4.69, 9.17) is 5.14 Å². The van der Waals surface area contributed by atoms with Gasteiger partial charge in [-0.1, -0.05) is 6.07 Å². The fourth-order valence-corrected chi connectivity index (χ4v) is 6.38. The summed E-state index contributed by atoms with van der Waals surface area (Å²) < 4.78 is 65.8. The van der Waals surface area contributed by atoms with E-state index in [1.54, 1.807) is 0 Å². The Hall–Kier alpha value is -2.09. The molecule has 1 aliphatic heterocycles. The van der Waals surface area contributed by atoms with Crippen molar-refractivity contribution in [3.63, 3.8) is 0 Å². The Bertz CT molecular complexity index is 1080. The number of benzene rings is 1. The highest BCUT2D eigenvalue weighted by Gasteiger charge is 2.40. The van der Waals surface area contributed by atoms with Crippen LogP contribution in [0.5, 0.6) is 0 Å². The number of piperidine rings is 1. The van der Waals surface area contributed by atoms with E-state index in [2.05, 4.69) is 38.2 Å². The molecule has 9 nitrogen and oxygen atoms in total. The number of tetrazole rings is 1. The molecule has 0 bridgehead atoms. The molecule has 1 saturated carbocycles. The third kappa shape index (κ3) is 5.42. The predicted molar refractivity (Wildman–Crippen MR) is 119 cm³/mol. The van der Waals surface area contributed by atoms with Gasteiger partial charge in [-0.3, -0.25) is 0 Å². The largest absolute Gasteiger partial charge is 0.417 e. The quantitative estimate of drug-likeness (QED) is 0.477. The van der Waals surface area contributed by atoms with Crippen LogP contribution in [0.3, 0.4) is 0 Å². The Labute approximate surface area is 196 Å². The zero-order valence-corrected chi connectivity index (χ0v) is 19.7. The molecular formula is C21H30F3N7O2S. The molecular weight excluding hydrogens is 471 g/mol. The fourth-order valence-electron chi connectivity index (χ4n) is 5.39. The van der Waals surface area contributed by atoms with Gasteiger partial charge in [0.15, 0.2) is 5.82 Å². The van der Waals surface area contributed by atoms with Crippen molar-refractivity contribution in [3.8, 4) is 11.4 Å². The standard InChI is InChI=1S/C21H30F3N7O2S/c1-12(13-8-10-26-11-9-13)27-15-4-2-14(3-5-15)16-6-7-17(21(22,23)24)19(34(25,32)33)18(16)20-28-30-31-29-20/h6-7,12-15,26-27H,2-5,8-11H2,1H3,(H2,25,32,33)(H,28,29,30,31). The number of rotatable bonds is 6. The fraction of sp³-hybridized carbons (Fsp3) is 0.667. The summed E-state index contributed by atoms with van der Waals surface area (Å²) in [4.78, 5) is -0.990. The van der Waals surface area contributed by atoms with Crippen molar-refractivity contribution in [1.82, 2.24) is 31.3 Å². The Kier molecular flexibility index (Phi) is 7.27. The van der Waals surface area contributed by atoms with Crippen LogP contribution in [0, 0.1) is 5.92 Å². The molecule has 1 atom stereocenters. The summed E-state index contributed by atoms with van der Waals surface area (Å²) in [5, 5.41) is 25.4. The van der Waals surface area contributed by atoms with E-state index in [1.807, 2.05) is 0 Å². The molecule has 1 aromatic heterocycles. The molecule has 2 heterocycles. The Morgan fingerprint density at radius 2 is 1.79 bits per heavy atom. The number of hydrogen-bond donors (Lipinski definition) is 4. The van der Waals surface area contributed by atoms with E-state index in [1.165, 1.54) is 6.07 Å². The number of hydrogen-bond acceptors (Lipinski definition) is 7. The number of aromatic amines is 1. The van der Waals surface area contributed by atoms with Crippen LogP contribution in [-0.4, -0.2) is 54.2 Å². The maximum absolute atomic E-state index is 13.7. The van der Waals surface area contributed by atoms with Crippen molar-refractivity contribution in [3.05, 3.63) is 23.3 Å². The van der Waals surface area contributed by atoms with E-state index in [0.29, 0.717) is 36.4 Å². The highest BCUT2D eigenvalue weighted by molar-refractivity contribution is 7.89. The lowest BCUT2D eigenvalue weighted by atomic mass is 9.79. The van der Waals surface area contributed by atoms with Crippen molar-refractivity contribution in [1.29, 1.82) is 0 Å². The molecule has 0 spiro atoms. The first-order valence-corrected chi connectivity index (χ1v) is 13.1. The summed E-state index contributed by atoms with van der Waals surface area (Å²) in [5.41, 5.74) is -1.06. The van der Waals surface area contributed by atoms with Crippen LogP contribution in [0.25, 0.3) is 11.4 Å². The lowest BCUT2D eigenvalue weighted by Crippen LogP contribution is -2.45. The normalized spacial score (nSPS) is 23.7. The minimum absolute atomic E-state index is 0.143. The number of H-pyrrole nitrogens is 1. The number of halogens is 3. The maximum atomic E-state index is 13.7. The van der Waals surface area contributed by atoms with E-state index in [9.17, 15) is 21.6 Å². The Morgan fingerprint density at radius 3 is 2.35 bits per heavy atom. The van der Waals surface area contributed by atoms with Crippen molar-refractivity contribution in [2.24, 2.45) is 11.1 Å². The van der Waals surface area contributed by atoms with Gasteiger partial charge >= 0.3 is 6.18 Å². The molecule has 188 valence electrons. The van der Waals surface area contributed by atoms with Gasteiger partial charge in [0.25, 0.3) is 0 Å². The molecule has 1 aliphatic carbocycles. The lowest BCUT2D eigenvalue weighted by Gasteiger charge is -2.36. The monoisotopic (exact) mass is 501 g/mol. The summed E-state index contributed by atoms with van der Waals surface area (Å²) in [6, 6.07) is 2.83. The number of sulfonamides is 1. The van der Waals surface area contributed by atoms with Gasteiger partial charge in [0.2, 0.25) is 10.0 Å². The molecule has 1 saturated heterocycles. The molecule has 5 N–H and O–H groups in total. The van der Waals surface area contributed by atoms with Crippen LogP contribution in [0.2, 0.25) is 0 Å². The molecule has 0 amide bonds. The van der Waals surface area contributed by atoms with Crippen LogP contribution >= 0.6 is 0 Å².